The smallest absolute Gasteiger partial charge is 0.149 e. The molecule has 0 radical (unpaired) electrons. The van der Waals surface area contributed by atoms with Crippen molar-refractivity contribution in [2.45, 2.75) is 38.3 Å². The SMILES string of the molecule is CCC1CN2CCCC2CN1c1ccc(F)cc1F. The maximum atomic E-state index is 14.0. The lowest BCUT2D eigenvalue weighted by Crippen LogP contribution is -2.56. The first-order chi connectivity index (χ1) is 9.19. The number of benzene rings is 1. The van der Waals surface area contributed by atoms with E-state index in [0.717, 1.165) is 25.6 Å². The van der Waals surface area contributed by atoms with E-state index < -0.39 is 11.6 Å². The molecule has 2 aliphatic rings. The van der Waals surface area contributed by atoms with Crippen LogP contribution in [0.2, 0.25) is 0 Å². The fraction of sp³-hybridized carbons (Fsp3) is 0.600. The van der Waals surface area contributed by atoms with Crippen molar-refractivity contribution >= 4 is 5.69 Å². The van der Waals surface area contributed by atoms with Crippen molar-refractivity contribution in [1.82, 2.24) is 4.90 Å². The molecule has 0 spiro atoms. The molecule has 2 atom stereocenters. The van der Waals surface area contributed by atoms with E-state index in [-0.39, 0.29) is 0 Å². The van der Waals surface area contributed by atoms with Gasteiger partial charge in [0, 0.05) is 31.2 Å². The second kappa shape index (κ2) is 5.08. The van der Waals surface area contributed by atoms with Crippen molar-refractivity contribution in [2.24, 2.45) is 0 Å². The molecular weight excluding hydrogens is 246 g/mol. The lowest BCUT2D eigenvalue weighted by atomic mass is 10.0. The van der Waals surface area contributed by atoms with Gasteiger partial charge in [0.2, 0.25) is 0 Å². The van der Waals surface area contributed by atoms with Crippen LogP contribution in [0.25, 0.3) is 0 Å². The molecule has 1 aromatic carbocycles. The molecule has 0 amide bonds. The molecule has 0 saturated carbocycles. The van der Waals surface area contributed by atoms with Crippen LogP contribution in [0, 0.1) is 11.6 Å². The van der Waals surface area contributed by atoms with Crippen molar-refractivity contribution in [2.75, 3.05) is 24.5 Å². The van der Waals surface area contributed by atoms with Gasteiger partial charge in [-0.25, -0.2) is 8.78 Å². The summed E-state index contributed by atoms with van der Waals surface area (Å²) in [4.78, 5) is 4.66. The molecule has 0 aliphatic carbocycles. The van der Waals surface area contributed by atoms with Crippen LogP contribution in [0.15, 0.2) is 18.2 Å². The third-order valence-electron chi connectivity index (χ3n) is 4.48. The van der Waals surface area contributed by atoms with Gasteiger partial charge in [-0.05, 0) is 37.9 Å². The summed E-state index contributed by atoms with van der Waals surface area (Å²) in [5.41, 5.74) is 0.555. The lowest BCUT2D eigenvalue weighted by molar-refractivity contribution is 0.194. The van der Waals surface area contributed by atoms with Crippen molar-refractivity contribution in [3.05, 3.63) is 29.8 Å². The summed E-state index contributed by atoms with van der Waals surface area (Å²) in [7, 11) is 0. The Morgan fingerprint density at radius 1 is 1.26 bits per heavy atom. The average Bonchev–Trinajstić information content (AvgIpc) is 2.84. The minimum atomic E-state index is -0.506. The number of nitrogens with zero attached hydrogens (tertiary/aromatic N) is 2. The highest BCUT2D eigenvalue weighted by Gasteiger charge is 2.36. The standard InChI is InChI=1S/C15H20F2N2/c1-2-12-9-18-7-3-4-13(18)10-19(12)15-6-5-11(16)8-14(15)17/h5-6,8,12-13H,2-4,7,9-10H2,1H3. The molecule has 2 heterocycles. The van der Waals surface area contributed by atoms with E-state index in [1.165, 1.54) is 25.5 Å². The first kappa shape index (κ1) is 12.9. The van der Waals surface area contributed by atoms with Gasteiger partial charge in [-0.1, -0.05) is 6.92 Å². The number of fused-ring (bicyclic) bond motifs is 1. The Balaban J connectivity index is 1.88. The van der Waals surface area contributed by atoms with Crippen LogP contribution in [0.5, 0.6) is 0 Å². The second-order valence-electron chi connectivity index (χ2n) is 5.60. The Hall–Kier alpha value is -1.16. The van der Waals surface area contributed by atoms with Crippen LogP contribution >= 0.6 is 0 Å². The molecule has 104 valence electrons. The van der Waals surface area contributed by atoms with Gasteiger partial charge >= 0.3 is 0 Å². The van der Waals surface area contributed by atoms with E-state index in [2.05, 4.69) is 16.7 Å². The van der Waals surface area contributed by atoms with Crippen LogP contribution in [-0.2, 0) is 0 Å². The topological polar surface area (TPSA) is 6.48 Å². The Morgan fingerprint density at radius 3 is 2.84 bits per heavy atom. The first-order valence-corrected chi connectivity index (χ1v) is 7.14. The van der Waals surface area contributed by atoms with E-state index in [0.29, 0.717) is 17.8 Å². The zero-order valence-corrected chi connectivity index (χ0v) is 11.3. The van der Waals surface area contributed by atoms with E-state index in [9.17, 15) is 8.78 Å². The van der Waals surface area contributed by atoms with Crippen LogP contribution in [0.4, 0.5) is 14.5 Å². The highest BCUT2D eigenvalue weighted by Crippen LogP contribution is 2.31. The third kappa shape index (κ3) is 2.34. The summed E-state index contributed by atoms with van der Waals surface area (Å²) in [6.45, 7) is 5.16. The van der Waals surface area contributed by atoms with Crippen molar-refractivity contribution in [3.8, 4) is 0 Å². The Bertz CT molecular complexity index is 463. The molecule has 2 nitrogen and oxygen atoms in total. The minimum absolute atomic E-state index is 0.328. The van der Waals surface area contributed by atoms with Crippen LogP contribution in [-0.4, -0.2) is 36.6 Å². The van der Waals surface area contributed by atoms with Crippen molar-refractivity contribution in [1.29, 1.82) is 0 Å². The fourth-order valence-corrected chi connectivity index (χ4v) is 3.45. The number of piperazine rings is 1. The van der Waals surface area contributed by atoms with Crippen molar-refractivity contribution in [3.63, 3.8) is 0 Å². The molecule has 19 heavy (non-hydrogen) atoms. The predicted molar refractivity (Wildman–Crippen MR) is 72.4 cm³/mol. The van der Waals surface area contributed by atoms with Gasteiger partial charge in [0.05, 0.1) is 5.69 Å². The predicted octanol–water partition coefficient (Wildman–Crippen LogP) is 3.03. The molecule has 0 aromatic heterocycles. The molecule has 1 aromatic rings. The summed E-state index contributed by atoms with van der Waals surface area (Å²) in [6, 6.07) is 4.79. The summed E-state index contributed by atoms with van der Waals surface area (Å²) in [6.07, 6.45) is 3.41. The number of rotatable bonds is 2. The molecule has 3 rings (SSSR count). The van der Waals surface area contributed by atoms with E-state index in [1.807, 2.05) is 0 Å². The number of hydrogen-bond donors (Lipinski definition) is 0. The normalized spacial score (nSPS) is 27.6. The molecule has 0 bridgehead atoms. The second-order valence-corrected chi connectivity index (χ2v) is 5.60. The van der Waals surface area contributed by atoms with Gasteiger partial charge in [0.25, 0.3) is 0 Å². The average molecular weight is 266 g/mol. The van der Waals surface area contributed by atoms with Crippen molar-refractivity contribution < 1.29 is 8.78 Å². The quantitative estimate of drug-likeness (QED) is 0.812. The van der Waals surface area contributed by atoms with E-state index in [4.69, 9.17) is 0 Å². The Morgan fingerprint density at radius 2 is 2.11 bits per heavy atom. The molecule has 4 heteroatoms. The third-order valence-corrected chi connectivity index (χ3v) is 4.48. The molecule has 2 unspecified atom stereocenters. The fourth-order valence-electron chi connectivity index (χ4n) is 3.45. The van der Waals surface area contributed by atoms with Gasteiger partial charge < -0.3 is 4.90 Å². The number of hydrogen-bond acceptors (Lipinski definition) is 2. The van der Waals surface area contributed by atoms with Crippen LogP contribution < -0.4 is 4.90 Å². The minimum Gasteiger partial charge on any atom is -0.363 e. The van der Waals surface area contributed by atoms with Crippen LogP contribution in [0.1, 0.15) is 26.2 Å². The van der Waals surface area contributed by atoms with E-state index >= 15 is 0 Å². The Kier molecular flexibility index (Phi) is 3.44. The summed E-state index contributed by atoms with van der Waals surface area (Å²) < 4.78 is 27.0. The zero-order valence-electron chi connectivity index (χ0n) is 11.3. The maximum absolute atomic E-state index is 14.0. The first-order valence-electron chi connectivity index (χ1n) is 7.14. The molecular formula is C15H20F2N2. The number of halogens is 2. The summed E-state index contributed by atoms with van der Waals surface area (Å²) in [5, 5.41) is 0. The van der Waals surface area contributed by atoms with Gasteiger partial charge in [-0.15, -0.1) is 0 Å². The number of anilines is 1. The molecule has 0 N–H and O–H groups in total. The highest BCUT2D eigenvalue weighted by atomic mass is 19.1. The van der Waals surface area contributed by atoms with Gasteiger partial charge in [-0.3, -0.25) is 4.90 Å². The maximum Gasteiger partial charge on any atom is 0.149 e. The monoisotopic (exact) mass is 266 g/mol. The van der Waals surface area contributed by atoms with E-state index in [1.54, 1.807) is 6.07 Å². The zero-order chi connectivity index (χ0) is 13.4. The lowest BCUT2D eigenvalue weighted by Gasteiger charge is -2.44. The highest BCUT2D eigenvalue weighted by molar-refractivity contribution is 5.50. The van der Waals surface area contributed by atoms with Gasteiger partial charge in [0.15, 0.2) is 0 Å². The molecule has 2 aliphatic heterocycles. The van der Waals surface area contributed by atoms with Gasteiger partial charge in [-0.2, -0.15) is 0 Å². The largest absolute Gasteiger partial charge is 0.363 e. The van der Waals surface area contributed by atoms with Crippen LogP contribution in [0.3, 0.4) is 0 Å². The molecule has 2 saturated heterocycles. The Labute approximate surface area is 113 Å². The van der Waals surface area contributed by atoms with Gasteiger partial charge in [0.1, 0.15) is 11.6 Å². The molecule has 2 fully saturated rings. The summed E-state index contributed by atoms with van der Waals surface area (Å²) >= 11 is 0. The summed E-state index contributed by atoms with van der Waals surface area (Å²) in [5.74, 6) is -0.946.